The standard InChI is InChI=1S/C39H54N4O6/c1-7-27(6)40-36(45)23-35(44)32(20-25(2)3)41-37(46)33(21-26(4)5)42-38(47)34(43-39(48)49-24-28-14-9-8-10-15-28)22-30-18-13-17-29-16-11-12-19-31(29)30/h8-19,25-27,32-35,44H,7,20-24H2,1-6H3,(H,40,45)(H,41,46)(H,42,47)(H,43,48)/t27?,32?,33-,34-,35?/m0/s1. The molecule has 0 bridgehead atoms. The molecule has 3 aromatic rings. The van der Waals surface area contributed by atoms with Gasteiger partial charge >= 0.3 is 6.09 Å². The van der Waals surface area contributed by atoms with Crippen molar-refractivity contribution in [2.75, 3.05) is 0 Å². The van der Waals surface area contributed by atoms with Crippen LogP contribution in [-0.4, -0.2) is 59.2 Å². The number of carbonyl (C=O) groups is 4. The monoisotopic (exact) mass is 674 g/mol. The number of rotatable bonds is 18. The van der Waals surface area contributed by atoms with Crippen molar-refractivity contribution in [1.29, 1.82) is 0 Å². The summed E-state index contributed by atoms with van der Waals surface area (Å²) in [5.41, 5.74) is 1.65. The first kappa shape index (κ1) is 39.0. The lowest BCUT2D eigenvalue weighted by Crippen LogP contribution is -2.57. The Bertz CT molecular complexity index is 1510. The second kappa shape index (κ2) is 19.5. The van der Waals surface area contributed by atoms with Crippen molar-refractivity contribution in [3.8, 4) is 0 Å². The lowest BCUT2D eigenvalue weighted by molar-refractivity contribution is -0.131. The number of ether oxygens (including phenoxy) is 1. The largest absolute Gasteiger partial charge is 0.445 e. The van der Waals surface area contributed by atoms with Crippen LogP contribution >= 0.6 is 0 Å². The normalized spacial score (nSPS) is 14.4. The predicted molar refractivity (Wildman–Crippen MR) is 192 cm³/mol. The molecular formula is C39H54N4O6. The van der Waals surface area contributed by atoms with E-state index < -0.39 is 42.1 Å². The molecule has 49 heavy (non-hydrogen) atoms. The Hall–Kier alpha value is -4.44. The minimum Gasteiger partial charge on any atom is -0.445 e. The maximum atomic E-state index is 14.0. The number of carbonyl (C=O) groups excluding carboxylic acids is 4. The number of aliphatic hydroxyl groups is 1. The number of alkyl carbamates (subject to hydrolysis) is 1. The molecule has 0 saturated carbocycles. The smallest absolute Gasteiger partial charge is 0.408 e. The fourth-order valence-corrected chi connectivity index (χ4v) is 5.65. The van der Waals surface area contributed by atoms with E-state index in [1.165, 1.54) is 0 Å². The van der Waals surface area contributed by atoms with E-state index >= 15 is 0 Å². The Balaban J connectivity index is 1.82. The summed E-state index contributed by atoms with van der Waals surface area (Å²) in [6.45, 7) is 11.7. The first-order valence-corrected chi connectivity index (χ1v) is 17.4. The molecular weight excluding hydrogens is 620 g/mol. The zero-order valence-corrected chi connectivity index (χ0v) is 29.7. The van der Waals surface area contributed by atoms with Crippen LogP contribution in [0.1, 0.15) is 78.4 Å². The minimum atomic E-state index is -1.12. The van der Waals surface area contributed by atoms with Gasteiger partial charge < -0.3 is 31.1 Å². The number of hydrogen-bond donors (Lipinski definition) is 5. The highest BCUT2D eigenvalue weighted by atomic mass is 16.5. The average molecular weight is 675 g/mol. The lowest BCUT2D eigenvalue weighted by atomic mass is 9.95. The number of benzene rings is 3. The molecule has 10 nitrogen and oxygen atoms in total. The minimum absolute atomic E-state index is 0.0304. The van der Waals surface area contributed by atoms with Gasteiger partial charge in [0.1, 0.15) is 18.7 Å². The van der Waals surface area contributed by atoms with E-state index in [0.29, 0.717) is 12.8 Å². The van der Waals surface area contributed by atoms with Gasteiger partial charge in [-0.25, -0.2) is 4.79 Å². The van der Waals surface area contributed by atoms with E-state index in [0.717, 1.165) is 28.3 Å². The van der Waals surface area contributed by atoms with Crippen LogP contribution in [0, 0.1) is 11.8 Å². The first-order chi connectivity index (χ1) is 23.4. The topological polar surface area (TPSA) is 146 Å². The summed E-state index contributed by atoms with van der Waals surface area (Å²) in [6.07, 6.45) is -0.378. The molecule has 266 valence electrons. The highest BCUT2D eigenvalue weighted by Crippen LogP contribution is 2.20. The molecule has 0 aliphatic rings. The van der Waals surface area contributed by atoms with Gasteiger partial charge in [-0.3, -0.25) is 14.4 Å². The van der Waals surface area contributed by atoms with E-state index in [-0.39, 0.29) is 43.2 Å². The van der Waals surface area contributed by atoms with Crippen molar-refractivity contribution in [3.05, 3.63) is 83.9 Å². The number of fused-ring (bicyclic) bond motifs is 1. The molecule has 0 saturated heterocycles. The van der Waals surface area contributed by atoms with Crippen LogP contribution in [0.4, 0.5) is 4.79 Å². The van der Waals surface area contributed by atoms with Crippen LogP contribution in [-0.2, 0) is 32.1 Å². The average Bonchev–Trinajstić information content (AvgIpc) is 3.06. The molecule has 5 N–H and O–H groups in total. The Morgan fingerprint density at radius 2 is 1.35 bits per heavy atom. The molecule has 3 aromatic carbocycles. The highest BCUT2D eigenvalue weighted by molar-refractivity contribution is 5.92. The predicted octanol–water partition coefficient (Wildman–Crippen LogP) is 5.40. The first-order valence-electron chi connectivity index (χ1n) is 17.4. The van der Waals surface area contributed by atoms with Crippen molar-refractivity contribution >= 4 is 34.6 Å². The zero-order chi connectivity index (χ0) is 35.9. The number of hydrogen-bond acceptors (Lipinski definition) is 6. The van der Waals surface area contributed by atoms with Crippen molar-refractivity contribution in [3.63, 3.8) is 0 Å². The van der Waals surface area contributed by atoms with E-state index in [2.05, 4.69) is 21.3 Å². The molecule has 0 aliphatic heterocycles. The van der Waals surface area contributed by atoms with Crippen LogP contribution in [0.3, 0.4) is 0 Å². The van der Waals surface area contributed by atoms with Crippen LogP contribution in [0.25, 0.3) is 10.8 Å². The van der Waals surface area contributed by atoms with E-state index in [4.69, 9.17) is 4.74 Å². The Morgan fingerprint density at radius 3 is 2.02 bits per heavy atom. The summed E-state index contributed by atoms with van der Waals surface area (Å²) in [5.74, 6) is -1.15. The summed E-state index contributed by atoms with van der Waals surface area (Å²) < 4.78 is 5.46. The molecule has 3 unspecified atom stereocenters. The van der Waals surface area contributed by atoms with Crippen LogP contribution in [0.15, 0.2) is 72.8 Å². The SMILES string of the molecule is CCC(C)NC(=O)CC(O)C(CC(C)C)NC(=O)[C@H](CC(C)C)NC(=O)[C@H](Cc1cccc2ccccc12)NC(=O)OCc1ccccc1. The van der Waals surface area contributed by atoms with Crippen molar-refractivity contribution in [1.82, 2.24) is 21.3 Å². The summed E-state index contributed by atoms with van der Waals surface area (Å²) in [7, 11) is 0. The molecule has 0 radical (unpaired) electrons. The van der Waals surface area contributed by atoms with E-state index in [9.17, 15) is 24.3 Å². The molecule has 0 fully saturated rings. The third-order valence-electron chi connectivity index (χ3n) is 8.40. The zero-order valence-electron chi connectivity index (χ0n) is 29.7. The maximum Gasteiger partial charge on any atom is 0.408 e. The van der Waals surface area contributed by atoms with Crippen LogP contribution < -0.4 is 21.3 Å². The molecule has 3 rings (SSSR count). The molecule has 0 spiro atoms. The highest BCUT2D eigenvalue weighted by Gasteiger charge is 2.32. The van der Waals surface area contributed by atoms with Crippen molar-refractivity contribution in [2.24, 2.45) is 11.8 Å². The fraction of sp³-hybridized carbons (Fsp3) is 0.487. The van der Waals surface area contributed by atoms with Gasteiger partial charge in [-0.1, -0.05) is 107 Å². The van der Waals surface area contributed by atoms with Crippen molar-refractivity contribution in [2.45, 2.75) is 111 Å². The molecule has 10 heteroatoms. The summed E-state index contributed by atoms with van der Waals surface area (Å²) in [6, 6.07) is 20.1. The molecule has 5 atom stereocenters. The molecule has 4 amide bonds. The van der Waals surface area contributed by atoms with E-state index in [1.807, 2.05) is 114 Å². The van der Waals surface area contributed by atoms with E-state index in [1.54, 1.807) is 0 Å². The number of nitrogens with one attached hydrogen (secondary N) is 4. The Labute approximate surface area is 290 Å². The Kier molecular flexibility index (Phi) is 15.5. The van der Waals surface area contributed by atoms with Crippen molar-refractivity contribution < 1.29 is 29.0 Å². The number of amides is 4. The van der Waals surface area contributed by atoms with Crippen LogP contribution in [0.5, 0.6) is 0 Å². The third kappa shape index (κ3) is 13.2. The van der Waals surface area contributed by atoms with Gasteiger partial charge in [-0.05, 0) is 59.9 Å². The summed E-state index contributed by atoms with van der Waals surface area (Å²) >= 11 is 0. The van der Waals surface area contributed by atoms with Gasteiger partial charge in [0.15, 0.2) is 0 Å². The summed E-state index contributed by atoms with van der Waals surface area (Å²) in [5, 5.41) is 24.4. The second-order valence-electron chi connectivity index (χ2n) is 13.7. The lowest BCUT2D eigenvalue weighted by Gasteiger charge is -2.29. The third-order valence-corrected chi connectivity index (χ3v) is 8.40. The van der Waals surface area contributed by atoms with Gasteiger partial charge in [0.2, 0.25) is 17.7 Å². The summed E-state index contributed by atoms with van der Waals surface area (Å²) in [4.78, 5) is 53.4. The van der Waals surface area contributed by atoms with Gasteiger partial charge in [-0.15, -0.1) is 0 Å². The van der Waals surface area contributed by atoms with Gasteiger partial charge in [0.05, 0.1) is 18.6 Å². The fourth-order valence-electron chi connectivity index (χ4n) is 5.65. The van der Waals surface area contributed by atoms with Gasteiger partial charge in [0.25, 0.3) is 0 Å². The molecule has 0 heterocycles. The maximum absolute atomic E-state index is 14.0. The quantitative estimate of drug-likeness (QED) is 0.122. The Morgan fingerprint density at radius 1 is 0.714 bits per heavy atom. The molecule has 0 aliphatic carbocycles. The molecule has 0 aromatic heterocycles. The van der Waals surface area contributed by atoms with Gasteiger partial charge in [-0.2, -0.15) is 0 Å². The second-order valence-corrected chi connectivity index (χ2v) is 13.7. The number of aliphatic hydroxyl groups excluding tert-OH is 1. The van der Waals surface area contributed by atoms with Crippen LogP contribution in [0.2, 0.25) is 0 Å². The van der Waals surface area contributed by atoms with Gasteiger partial charge in [0, 0.05) is 12.5 Å².